The Balaban J connectivity index is 1.37. The average molecular weight is 444 g/mol. The summed E-state index contributed by atoms with van der Waals surface area (Å²) in [6, 6.07) is 11.5. The molecule has 4 aromatic heterocycles. The van der Waals surface area contributed by atoms with Crippen molar-refractivity contribution in [1.29, 1.82) is 0 Å². The lowest BCUT2D eigenvalue weighted by atomic mass is 10.2. The third-order valence-corrected chi connectivity index (χ3v) is 5.39. The number of halogens is 1. The second kappa shape index (κ2) is 8.30. The summed E-state index contributed by atoms with van der Waals surface area (Å²) in [6.07, 6.45) is 5.20. The fourth-order valence-electron chi connectivity index (χ4n) is 3.75. The average Bonchev–Trinajstić information content (AvgIpc) is 3.52. The fourth-order valence-corrected chi connectivity index (χ4v) is 3.75. The van der Waals surface area contributed by atoms with Gasteiger partial charge in [-0.3, -0.25) is 14.2 Å². The van der Waals surface area contributed by atoms with Gasteiger partial charge in [0.1, 0.15) is 5.82 Å². The van der Waals surface area contributed by atoms with Crippen molar-refractivity contribution in [3.63, 3.8) is 0 Å². The van der Waals surface area contributed by atoms with Crippen molar-refractivity contribution in [1.82, 2.24) is 34.2 Å². The molecule has 1 amide bonds. The minimum absolute atomic E-state index is 0.218. The van der Waals surface area contributed by atoms with Gasteiger partial charge < -0.3 is 5.32 Å². The second-order valence-corrected chi connectivity index (χ2v) is 7.57. The second-order valence-electron chi connectivity index (χ2n) is 7.57. The molecule has 5 rings (SSSR count). The predicted octanol–water partition coefficient (Wildman–Crippen LogP) is 3.56. The summed E-state index contributed by atoms with van der Waals surface area (Å²) in [6.45, 7) is 5.18. The Morgan fingerprint density at radius 2 is 2.03 bits per heavy atom. The number of amides is 1. The maximum Gasteiger partial charge on any atom is 0.277 e. The van der Waals surface area contributed by atoms with Crippen LogP contribution >= 0.6 is 0 Å². The monoisotopic (exact) mass is 444 g/mol. The lowest BCUT2D eigenvalue weighted by Crippen LogP contribution is -2.13. The molecule has 1 aromatic carbocycles. The SMILES string of the molecule is CCn1ncc(-c2ccnc3cc(C(=O)Nc4ccn(Cc5cccc(F)c5)n4)nn23)c1C. The van der Waals surface area contributed by atoms with Crippen LogP contribution in [-0.4, -0.2) is 40.1 Å². The van der Waals surface area contributed by atoms with E-state index in [1.54, 1.807) is 46.0 Å². The first kappa shape index (κ1) is 20.6. The molecule has 0 aliphatic carbocycles. The fraction of sp³-hybridized carbons (Fsp3) is 0.174. The molecule has 0 saturated heterocycles. The van der Waals surface area contributed by atoms with E-state index in [1.807, 2.05) is 30.7 Å². The van der Waals surface area contributed by atoms with E-state index < -0.39 is 5.91 Å². The molecule has 1 N–H and O–H groups in total. The highest BCUT2D eigenvalue weighted by atomic mass is 19.1. The van der Waals surface area contributed by atoms with Gasteiger partial charge in [-0.1, -0.05) is 12.1 Å². The number of fused-ring (bicyclic) bond motifs is 1. The summed E-state index contributed by atoms with van der Waals surface area (Å²) in [5, 5.41) is 16.0. The Kier molecular flexibility index (Phi) is 5.17. The molecule has 10 heteroatoms. The Bertz CT molecular complexity index is 1460. The molecular formula is C23H21FN8O. The van der Waals surface area contributed by atoms with Crippen LogP contribution in [0.4, 0.5) is 10.2 Å². The molecule has 9 nitrogen and oxygen atoms in total. The van der Waals surface area contributed by atoms with E-state index in [0.717, 1.165) is 29.1 Å². The van der Waals surface area contributed by atoms with Crippen LogP contribution in [-0.2, 0) is 13.1 Å². The summed E-state index contributed by atoms with van der Waals surface area (Å²) < 4.78 is 18.6. The lowest BCUT2D eigenvalue weighted by molar-refractivity contribution is 0.102. The molecule has 0 atom stereocenters. The number of aryl methyl sites for hydroxylation is 1. The number of benzene rings is 1. The van der Waals surface area contributed by atoms with Gasteiger partial charge in [-0.25, -0.2) is 13.9 Å². The molecule has 166 valence electrons. The molecular weight excluding hydrogens is 423 g/mol. The summed E-state index contributed by atoms with van der Waals surface area (Å²) in [4.78, 5) is 17.2. The van der Waals surface area contributed by atoms with Crippen molar-refractivity contribution in [2.75, 3.05) is 5.32 Å². The zero-order chi connectivity index (χ0) is 22.9. The van der Waals surface area contributed by atoms with E-state index >= 15 is 0 Å². The molecule has 0 radical (unpaired) electrons. The lowest BCUT2D eigenvalue weighted by Gasteiger charge is -2.04. The number of hydrogen-bond donors (Lipinski definition) is 1. The summed E-state index contributed by atoms with van der Waals surface area (Å²) in [5.74, 6) is -0.324. The number of anilines is 1. The van der Waals surface area contributed by atoms with Crippen LogP contribution in [0.15, 0.2) is 61.1 Å². The minimum Gasteiger partial charge on any atom is -0.304 e. The Morgan fingerprint density at radius 1 is 1.15 bits per heavy atom. The maximum absolute atomic E-state index is 13.4. The molecule has 33 heavy (non-hydrogen) atoms. The summed E-state index contributed by atoms with van der Waals surface area (Å²) in [7, 11) is 0. The van der Waals surface area contributed by atoms with E-state index in [4.69, 9.17) is 0 Å². The zero-order valence-corrected chi connectivity index (χ0v) is 18.1. The number of hydrogen-bond acceptors (Lipinski definition) is 5. The van der Waals surface area contributed by atoms with Gasteiger partial charge in [0, 0.05) is 42.3 Å². The summed E-state index contributed by atoms with van der Waals surface area (Å²) in [5.41, 5.74) is 4.28. The minimum atomic E-state index is -0.400. The van der Waals surface area contributed by atoms with Gasteiger partial charge in [0.15, 0.2) is 17.2 Å². The van der Waals surface area contributed by atoms with E-state index in [-0.39, 0.29) is 11.5 Å². The molecule has 4 heterocycles. The van der Waals surface area contributed by atoms with Crippen molar-refractivity contribution in [2.45, 2.75) is 26.9 Å². The Morgan fingerprint density at radius 3 is 2.82 bits per heavy atom. The molecule has 5 aromatic rings. The normalized spacial score (nSPS) is 11.2. The summed E-state index contributed by atoms with van der Waals surface area (Å²) >= 11 is 0. The molecule has 0 aliphatic heterocycles. The van der Waals surface area contributed by atoms with Gasteiger partial charge in [-0.05, 0) is 37.6 Å². The van der Waals surface area contributed by atoms with Crippen LogP contribution in [0.25, 0.3) is 16.9 Å². The van der Waals surface area contributed by atoms with E-state index in [0.29, 0.717) is 18.0 Å². The molecule has 0 spiro atoms. The van der Waals surface area contributed by atoms with Crippen LogP contribution in [0, 0.1) is 12.7 Å². The number of nitrogens with zero attached hydrogens (tertiary/aromatic N) is 7. The Labute approximate surface area is 188 Å². The zero-order valence-electron chi connectivity index (χ0n) is 18.1. The van der Waals surface area contributed by atoms with Crippen molar-refractivity contribution in [3.05, 3.63) is 83.8 Å². The van der Waals surface area contributed by atoms with Crippen molar-refractivity contribution >= 4 is 17.4 Å². The van der Waals surface area contributed by atoms with Gasteiger partial charge in [0.25, 0.3) is 5.91 Å². The predicted molar refractivity (Wildman–Crippen MR) is 120 cm³/mol. The van der Waals surface area contributed by atoms with Crippen LogP contribution in [0.3, 0.4) is 0 Å². The van der Waals surface area contributed by atoms with Crippen LogP contribution in [0.1, 0.15) is 28.7 Å². The van der Waals surface area contributed by atoms with Gasteiger partial charge in [-0.15, -0.1) is 0 Å². The van der Waals surface area contributed by atoms with Crippen LogP contribution < -0.4 is 5.32 Å². The topological polar surface area (TPSA) is 94.9 Å². The first-order valence-corrected chi connectivity index (χ1v) is 10.5. The van der Waals surface area contributed by atoms with Crippen LogP contribution in [0.2, 0.25) is 0 Å². The quantitative estimate of drug-likeness (QED) is 0.432. The molecule has 0 aliphatic rings. The smallest absolute Gasteiger partial charge is 0.277 e. The van der Waals surface area contributed by atoms with E-state index in [1.165, 1.54) is 12.1 Å². The van der Waals surface area contributed by atoms with Crippen molar-refractivity contribution in [3.8, 4) is 11.3 Å². The third kappa shape index (κ3) is 3.98. The van der Waals surface area contributed by atoms with Crippen molar-refractivity contribution in [2.24, 2.45) is 0 Å². The highest BCUT2D eigenvalue weighted by Crippen LogP contribution is 2.23. The first-order valence-electron chi connectivity index (χ1n) is 10.5. The Hall–Kier alpha value is -4.34. The van der Waals surface area contributed by atoms with Gasteiger partial charge >= 0.3 is 0 Å². The van der Waals surface area contributed by atoms with Gasteiger partial charge in [0.2, 0.25) is 0 Å². The highest BCUT2D eigenvalue weighted by Gasteiger charge is 2.17. The maximum atomic E-state index is 13.4. The van der Waals surface area contributed by atoms with Crippen molar-refractivity contribution < 1.29 is 9.18 Å². The highest BCUT2D eigenvalue weighted by molar-refractivity contribution is 6.03. The molecule has 0 bridgehead atoms. The first-order chi connectivity index (χ1) is 16.0. The molecule has 0 saturated carbocycles. The number of aromatic nitrogens is 7. The largest absolute Gasteiger partial charge is 0.304 e. The number of rotatable bonds is 6. The van der Waals surface area contributed by atoms with E-state index in [2.05, 4.69) is 25.6 Å². The van der Waals surface area contributed by atoms with Gasteiger partial charge in [-0.2, -0.15) is 15.3 Å². The van der Waals surface area contributed by atoms with E-state index in [9.17, 15) is 9.18 Å². The molecule has 0 fully saturated rings. The number of nitrogens with one attached hydrogen (secondary N) is 1. The molecule has 0 unspecified atom stereocenters. The number of carbonyl (C=O) groups excluding carboxylic acids is 1. The standard InChI is InChI=1S/C23H21FN8O/c1-3-31-15(2)18(13-26-31)20-7-9-25-22-12-19(28-32(20)22)23(33)27-21-8-10-30(29-21)14-16-5-4-6-17(24)11-16/h4-13H,3,14H2,1-2H3,(H,27,29,33). The van der Waals surface area contributed by atoms with Gasteiger partial charge in [0.05, 0.1) is 18.4 Å². The third-order valence-electron chi connectivity index (χ3n) is 5.39. The van der Waals surface area contributed by atoms with Crippen LogP contribution in [0.5, 0.6) is 0 Å². The number of carbonyl (C=O) groups is 1.